The molecule has 1 aromatic rings. The van der Waals surface area contributed by atoms with Crippen molar-refractivity contribution in [3.05, 3.63) is 35.6 Å². The number of aliphatic imine (C=N–C) groups is 1. The highest BCUT2D eigenvalue weighted by atomic mass is 127. The van der Waals surface area contributed by atoms with Crippen molar-refractivity contribution in [1.82, 2.24) is 10.6 Å². The van der Waals surface area contributed by atoms with Crippen LogP contribution in [0.3, 0.4) is 0 Å². The van der Waals surface area contributed by atoms with Crippen LogP contribution >= 0.6 is 24.0 Å². The van der Waals surface area contributed by atoms with Crippen LogP contribution in [-0.2, 0) is 10.2 Å². The summed E-state index contributed by atoms with van der Waals surface area (Å²) in [7, 11) is 1.73. The van der Waals surface area contributed by atoms with Crippen LogP contribution in [0.4, 0.5) is 4.39 Å². The van der Waals surface area contributed by atoms with Crippen LogP contribution in [0.15, 0.2) is 29.3 Å². The minimum atomic E-state index is -0.209. The van der Waals surface area contributed by atoms with E-state index in [1.165, 1.54) is 6.07 Å². The summed E-state index contributed by atoms with van der Waals surface area (Å²) in [5.41, 5.74) is 0.763. The zero-order valence-electron chi connectivity index (χ0n) is 13.8. The van der Waals surface area contributed by atoms with E-state index in [4.69, 9.17) is 4.74 Å². The molecule has 2 N–H and O–H groups in total. The number of nitrogens with one attached hydrogen (secondary N) is 2. The van der Waals surface area contributed by atoms with Gasteiger partial charge in [-0.3, -0.25) is 4.99 Å². The molecule has 0 aliphatic rings. The number of benzene rings is 1. The number of nitrogens with zero attached hydrogens (tertiary/aromatic N) is 1. The minimum absolute atomic E-state index is 0. The molecule has 1 aromatic carbocycles. The lowest BCUT2D eigenvalue weighted by atomic mass is 9.84. The van der Waals surface area contributed by atoms with Crippen molar-refractivity contribution in [3.63, 3.8) is 0 Å². The van der Waals surface area contributed by atoms with Crippen LogP contribution in [0.5, 0.6) is 0 Å². The predicted octanol–water partition coefficient (Wildman–Crippen LogP) is 2.92. The summed E-state index contributed by atoms with van der Waals surface area (Å²) in [6.07, 6.45) is 0. The molecule has 0 saturated heterocycles. The molecule has 0 aliphatic carbocycles. The maximum Gasteiger partial charge on any atom is 0.191 e. The van der Waals surface area contributed by atoms with Gasteiger partial charge in [-0.05, 0) is 24.6 Å². The van der Waals surface area contributed by atoms with Crippen molar-refractivity contribution >= 4 is 29.9 Å². The topological polar surface area (TPSA) is 45.6 Å². The Morgan fingerprint density at radius 1 is 1.32 bits per heavy atom. The third-order valence-electron chi connectivity index (χ3n) is 3.27. The first-order chi connectivity index (χ1) is 9.99. The summed E-state index contributed by atoms with van der Waals surface area (Å²) in [6, 6.07) is 6.71. The molecule has 0 atom stereocenters. The Bertz CT molecular complexity index is 466. The molecular formula is C16H27FIN3O. The SMILES string of the molecule is CCOCCNC(=NC)NCC(C)(C)c1cccc(F)c1.I. The number of halogens is 2. The first-order valence-electron chi connectivity index (χ1n) is 7.28. The second kappa shape index (κ2) is 10.8. The maximum atomic E-state index is 13.3. The van der Waals surface area contributed by atoms with Gasteiger partial charge in [-0.1, -0.05) is 26.0 Å². The molecule has 0 amide bonds. The molecular weight excluding hydrogens is 396 g/mol. The Kier molecular flexibility index (Phi) is 10.3. The monoisotopic (exact) mass is 423 g/mol. The summed E-state index contributed by atoms with van der Waals surface area (Å²) in [6.45, 7) is 8.82. The molecule has 0 bridgehead atoms. The first kappa shape index (κ1) is 21.1. The van der Waals surface area contributed by atoms with E-state index in [1.807, 2.05) is 13.0 Å². The van der Waals surface area contributed by atoms with E-state index in [1.54, 1.807) is 19.2 Å². The molecule has 4 nitrogen and oxygen atoms in total. The molecule has 0 saturated carbocycles. The van der Waals surface area contributed by atoms with E-state index >= 15 is 0 Å². The van der Waals surface area contributed by atoms with Crippen LogP contribution < -0.4 is 10.6 Å². The molecule has 0 unspecified atom stereocenters. The lowest BCUT2D eigenvalue weighted by molar-refractivity contribution is 0.152. The molecule has 126 valence electrons. The highest BCUT2D eigenvalue weighted by Gasteiger charge is 2.21. The van der Waals surface area contributed by atoms with E-state index in [0.29, 0.717) is 26.3 Å². The molecule has 22 heavy (non-hydrogen) atoms. The van der Waals surface area contributed by atoms with E-state index in [0.717, 1.165) is 11.5 Å². The fourth-order valence-corrected chi connectivity index (χ4v) is 1.92. The highest BCUT2D eigenvalue weighted by molar-refractivity contribution is 14.0. The van der Waals surface area contributed by atoms with Gasteiger partial charge in [0.1, 0.15) is 5.82 Å². The molecule has 0 aliphatic heterocycles. The molecule has 6 heteroatoms. The number of hydrogen-bond donors (Lipinski definition) is 2. The van der Waals surface area contributed by atoms with Crippen molar-refractivity contribution in [3.8, 4) is 0 Å². The van der Waals surface area contributed by atoms with Crippen molar-refractivity contribution in [2.75, 3.05) is 33.4 Å². The van der Waals surface area contributed by atoms with Gasteiger partial charge in [-0.2, -0.15) is 0 Å². The summed E-state index contributed by atoms with van der Waals surface area (Å²) in [5, 5.41) is 6.44. The van der Waals surface area contributed by atoms with E-state index < -0.39 is 0 Å². The zero-order valence-corrected chi connectivity index (χ0v) is 16.1. The zero-order chi connectivity index (χ0) is 15.7. The standard InChI is InChI=1S/C16H26FN3O.HI/c1-5-21-10-9-19-15(18-4)20-12-16(2,3)13-7-6-8-14(17)11-13;/h6-8,11H,5,9-10,12H2,1-4H3,(H2,18,19,20);1H. The third kappa shape index (κ3) is 7.40. The molecule has 0 aromatic heterocycles. The van der Waals surface area contributed by atoms with Gasteiger partial charge in [0.2, 0.25) is 0 Å². The van der Waals surface area contributed by atoms with Crippen molar-refractivity contribution in [1.29, 1.82) is 0 Å². The lowest BCUT2D eigenvalue weighted by Gasteiger charge is -2.26. The Morgan fingerprint density at radius 2 is 2.05 bits per heavy atom. The van der Waals surface area contributed by atoms with Gasteiger partial charge in [0, 0.05) is 32.2 Å². The Morgan fingerprint density at radius 3 is 2.64 bits per heavy atom. The average Bonchev–Trinajstić information content (AvgIpc) is 2.46. The second-order valence-electron chi connectivity index (χ2n) is 5.44. The smallest absolute Gasteiger partial charge is 0.191 e. The van der Waals surface area contributed by atoms with Crippen LogP contribution in [0.25, 0.3) is 0 Å². The normalized spacial score (nSPS) is 11.8. The number of ether oxygens (including phenoxy) is 1. The number of guanidine groups is 1. The third-order valence-corrected chi connectivity index (χ3v) is 3.27. The van der Waals surface area contributed by atoms with E-state index in [9.17, 15) is 4.39 Å². The fraction of sp³-hybridized carbons (Fsp3) is 0.562. The molecule has 0 heterocycles. The van der Waals surface area contributed by atoms with Gasteiger partial charge >= 0.3 is 0 Å². The number of rotatable bonds is 7. The molecule has 0 radical (unpaired) electrons. The summed E-state index contributed by atoms with van der Waals surface area (Å²) < 4.78 is 18.6. The van der Waals surface area contributed by atoms with E-state index in [-0.39, 0.29) is 35.2 Å². The van der Waals surface area contributed by atoms with Gasteiger partial charge in [0.15, 0.2) is 5.96 Å². The molecule has 0 spiro atoms. The van der Waals surface area contributed by atoms with Gasteiger partial charge in [-0.15, -0.1) is 24.0 Å². The second-order valence-corrected chi connectivity index (χ2v) is 5.44. The van der Waals surface area contributed by atoms with Crippen molar-refractivity contribution in [2.24, 2.45) is 4.99 Å². The highest BCUT2D eigenvalue weighted by Crippen LogP contribution is 2.22. The minimum Gasteiger partial charge on any atom is -0.380 e. The Balaban J connectivity index is 0.00000441. The summed E-state index contributed by atoms with van der Waals surface area (Å²) in [5.74, 6) is 0.513. The lowest BCUT2D eigenvalue weighted by Crippen LogP contribution is -2.44. The first-order valence-corrected chi connectivity index (χ1v) is 7.28. The maximum absolute atomic E-state index is 13.3. The van der Waals surface area contributed by atoms with Gasteiger partial charge in [0.25, 0.3) is 0 Å². The van der Waals surface area contributed by atoms with E-state index in [2.05, 4.69) is 29.5 Å². The van der Waals surface area contributed by atoms with Crippen LogP contribution in [0.1, 0.15) is 26.3 Å². The average molecular weight is 423 g/mol. The Labute approximate surface area is 149 Å². The Hall–Kier alpha value is -0.890. The fourth-order valence-electron chi connectivity index (χ4n) is 1.92. The van der Waals surface area contributed by atoms with Crippen molar-refractivity contribution < 1.29 is 9.13 Å². The van der Waals surface area contributed by atoms with Crippen molar-refractivity contribution in [2.45, 2.75) is 26.2 Å². The van der Waals surface area contributed by atoms with Crippen LogP contribution in [0.2, 0.25) is 0 Å². The number of hydrogen-bond acceptors (Lipinski definition) is 2. The quantitative estimate of drug-likeness (QED) is 0.307. The van der Waals surface area contributed by atoms with Gasteiger partial charge in [0.05, 0.1) is 6.61 Å². The van der Waals surface area contributed by atoms with Crippen LogP contribution in [-0.4, -0.2) is 39.3 Å². The van der Waals surface area contributed by atoms with Gasteiger partial charge in [-0.25, -0.2) is 4.39 Å². The predicted molar refractivity (Wildman–Crippen MR) is 101 cm³/mol. The van der Waals surface area contributed by atoms with Crippen LogP contribution in [0, 0.1) is 5.82 Å². The molecule has 1 rings (SSSR count). The summed E-state index contributed by atoms with van der Waals surface area (Å²) in [4.78, 5) is 4.16. The molecule has 0 fully saturated rings. The largest absolute Gasteiger partial charge is 0.380 e. The summed E-state index contributed by atoms with van der Waals surface area (Å²) >= 11 is 0. The van der Waals surface area contributed by atoms with Gasteiger partial charge < -0.3 is 15.4 Å².